The lowest BCUT2D eigenvalue weighted by Gasteiger charge is -2.12. The van der Waals surface area contributed by atoms with E-state index in [1.54, 1.807) is 18.2 Å². The van der Waals surface area contributed by atoms with Gasteiger partial charge in [0.05, 0.1) is 30.4 Å². The Balaban J connectivity index is 2.13. The van der Waals surface area contributed by atoms with Gasteiger partial charge < -0.3 is 24.6 Å². The lowest BCUT2D eigenvalue weighted by molar-refractivity contribution is -0.385. The van der Waals surface area contributed by atoms with Crippen LogP contribution in [0.5, 0.6) is 17.2 Å². The molecule has 2 N–H and O–H groups in total. The third-order valence-corrected chi connectivity index (χ3v) is 3.45. The van der Waals surface area contributed by atoms with Gasteiger partial charge in [-0.2, -0.15) is 0 Å². The maximum absolute atomic E-state index is 12.1. The third-order valence-electron chi connectivity index (χ3n) is 3.45. The Morgan fingerprint density at radius 2 is 1.85 bits per heavy atom. The van der Waals surface area contributed by atoms with Crippen LogP contribution in [0.3, 0.4) is 0 Å². The number of methoxy groups -OCH3 is 2. The number of nitrogens with zero attached hydrogens (tertiary/aromatic N) is 1. The minimum Gasteiger partial charge on any atom is -0.497 e. The van der Waals surface area contributed by atoms with Crippen molar-refractivity contribution in [2.24, 2.45) is 0 Å². The van der Waals surface area contributed by atoms with Crippen molar-refractivity contribution in [3.05, 3.63) is 52.1 Å². The summed E-state index contributed by atoms with van der Waals surface area (Å²) in [4.78, 5) is 33.4. The van der Waals surface area contributed by atoms with E-state index < -0.39 is 29.1 Å². The van der Waals surface area contributed by atoms with Gasteiger partial charge in [0.1, 0.15) is 11.5 Å². The van der Waals surface area contributed by atoms with Gasteiger partial charge in [-0.15, -0.1) is 0 Å². The number of carbonyl (C=O) groups excluding carboxylic acids is 1. The maximum Gasteiger partial charge on any atom is 0.335 e. The topological polar surface area (TPSA) is 137 Å². The zero-order chi connectivity index (χ0) is 20.0. The third kappa shape index (κ3) is 4.84. The van der Waals surface area contributed by atoms with Crippen molar-refractivity contribution >= 4 is 23.3 Å². The van der Waals surface area contributed by atoms with E-state index in [1.807, 2.05) is 0 Å². The summed E-state index contributed by atoms with van der Waals surface area (Å²) in [6, 6.07) is 7.81. The number of carboxylic acid groups (broad SMARTS) is 1. The van der Waals surface area contributed by atoms with Gasteiger partial charge in [-0.1, -0.05) is 0 Å². The van der Waals surface area contributed by atoms with Gasteiger partial charge in [-0.25, -0.2) is 4.79 Å². The standard InChI is InChI=1S/C17H16N2O8/c1-25-11-4-5-12(14(8-11)26-2)18-16(20)9-27-15-7-10(17(21)22)3-6-13(15)19(23)24/h3-8H,9H2,1-2H3,(H,18,20)(H,21,22). The monoisotopic (exact) mass is 376 g/mol. The molecule has 27 heavy (non-hydrogen) atoms. The Bertz CT molecular complexity index is 881. The normalized spacial score (nSPS) is 10.0. The highest BCUT2D eigenvalue weighted by molar-refractivity contribution is 5.93. The summed E-state index contributed by atoms with van der Waals surface area (Å²) in [5, 5.41) is 22.6. The zero-order valence-electron chi connectivity index (χ0n) is 14.4. The van der Waals surface area contributed by atoms with Crippen molar-refractivity contribution in [3.8, 4) is 17.2 Å². The number of amides is 1. The number of aromatic carboxylic acids is 1. The first-order valence-electron chi connectivity index (χ1n) is 7.52. The maximum atomic E-state index is 12.1. The van der Waals surface area contributed by atoms with Gasteiger partial charge in [-0.3, -0.25) is 14.9 Å². The quantitative estimate of drug-likeness (QED) is 0.529. The lowest BCUT2D eigenvalue weighted by atomic mass is 10.2. The van der Waals surface area contributed by atoms with Gasteiger partial charge in [0.15, 0.2) is 12.4 Å². The molecule has 0 spiro atoms. The van der Waals surface area contributed by atoms with E-state index in [4.69, 9.17) is 19.3 Å². The summed E-state index contributed by atoms with van der Waals surface area (Å²) < 4.78 is 15.4. The number of nitro benzene ring substituents is 1. The number of hydrogen-bond donors (Lipinski definition) is 2. The van der Waals surface area contributed by atoms with Crippen LogP contribution < -0.4 is 19.5 Å². The number of anilines is 1. The fourth-order valence-corrected chi connectivity index (χ4v) is 2.14. The summed E-state index contributed by atoms with van der Waals surface area (Å²) in [5.74, 6) is -1.34. The number of carboxylic acids is 1. The molecule has 0 aliphatic rings. The highest BCUT2D eigenvalue weighted by atomic mass is 16.6. The molecule has 0 aromatic heterocycles. The molecule has 0 fully saturated rings. The predicted octanol–water partition coefficient (Wildman–Crippen LogP) is 2.33. The fourth-order valence-electron chi connectivity index (χ4n) is 2.14. The minimum absolute atomic E-state index is 0.201. The van der Waals surface area contributed by atoms with Gasteiger partial charge in [0.25, 0.3) is 5.91 Å². The van der Waals surface area contributed by atoms with Gasteiger partial charge in [0, 0.05) is 18.2 Å². The summed E-state index contributed by atoms with van der Waals surface area (Å²) >= 11 is 0. The number of rotatable bonds is 8. The molecule has 0 heterocycles. The van der Waals surface area contributed by atoms with Crippen molar-refractivity contribution in [1.82, 2.24) is 0 Å². The second-order valence-electron chi connectivity index (χ2n) is 5.15. The summed E-state index contributed by atoms with van der Waals surface area (Å²) in [6.45, 7) is -0.570. The first-order chi connectivity index (χ1) is 12.8. The Morgan fingerprint density at radius 1 is 1.11 bits per heavy atom. The van der Waals surface area contributed by atoms with Crippen molar-refractivity contribution in [3.63, 3.8) is 0 Å². The molecule has 0 radical (unpaired) electrons. The number of hydrogen-bond acceptors (Lipinski definition) is 7. The molecular formula is C17H16N2O8. The van der Waals surface area contributed by atoms with Crippen LogP contribution in [-0.2, 0) is 4.79 Å². The lowest BCUT2D eigenvalue weighted by Crippen LogP contribution is -2.21. The van der Waals surface area contributed by atoms with Gasteiger partial charge in [0.2, 0.25) is 0 Å². The molecule has 142 valence electrons. The van der Waals surface area contributed by atoms with Crippen LogP contribution in [0.2, 0.25) is 0 Å². The van der Waals surface area contributed by atoms with Crippen molar-refractivity contribution in [2.75, 3.05) is 26.1 Å². The van der Waals surface area contributed by atoms with E-state index in [2.05, 4.69) is 5.32 Å². The number of nitro groups is 1. The second kappa shape index (κ2) is 8.52. The van der Waals surface area contributed by atoms with Crippen molar-refractivity contribution in [2.45, 2.75) is 0 Å². The Labute approximate surface area is 153 Å². The molecule has 0 aliphatic carbocycles. The van der Waals surface area contributed by atoms with E-state index in [1.165, 1.54) is 14.2 Å². The Hall–Kier alpha value is -3.82. The smallest absolute Gasteiger partial charge is 0.335 e. The second-order valence-corrected chi connectivity index (χ2v) is 5.15. The van der Waals surface area contributed by atoms with Crippen LogP contribution in [0.4, 0.5) is 11.4 Å². The molecule has 0 atom stereocenters. The molecule has 0 saturated heterocycles. The fraction of sp³-hybridized carbons (Fsp3) is 0.176. The Morgan fingerprint density at radius 3 is 2.44 bits per heavy atom. The zero-order valence-corrected chi connectivity index (χ0v) is 14.4. The van der Waals surface area contributed by atoms with Crippen LogP contribution in [0.15, 0.2) is 36.4 Å². The van der Waals surface area contributed by atoms with Gasteiger partial charge >= 0.3 is 11.7 Å². The van der Waals surface area contributed by atoms with Crippen LogP contribution in [0, 0.1) is 10.1 Å². The molecule has 10 heteroatoms. The van der Waals surface area contributed by atoms with Crippen molar-refractivity contribution < 1.29 is 33.8 Å². The number of benzene rings is 2. The molecule has 10 nitrogen and oxygen atoms in total. The predicted molar refractivity (Wildman–Crippen MR) is 93.7 cm³/mol. The molecule has 0 saturated carbocycles. The van der Waals surface area contributed by atoms with E-state index in [0.29, 0.717) is 17.2 Å². The van der Waals surface area contributed by atoms with Crippen LogP contribution in [0.25, 0.3) is 0 Å². The van der Waals surface area contributed by atoms with E-state index in [-0.39, 0.29) is 11.3 Å². The first-order valence-corrected chi connectivity index (χ1v) is 7.52. The van der Waals surface area contributed by atoms with E-state index in [9.17, 15) is 19.7 Å². The highest BCUT2D eigenvalue weighted by Crippen LogP contribution is 2.30. The molecule has 1 amide bonds. The molecule has 0 aliphatic heterocycles. The number of ether oxygens (including phenoxy) is 3. The molecule has 2 rings (SSSR count). The molecular weight excluding hydrogens is 360 g/mol. The van der Waals surface area contributed by atoms with Gasteiger partial charge in [-0.05, 0) is 18.2 Å². The Kier molecular flexibility index (Phi) is 6.15. The number of nitrogens with one attached hydrogen (secondary N) is 1. The molecule has 0 bridgehead atoms. The minimum atomic E-state index is -1.28. The average molecular weight is 376 g/mol. The number of carbonyl (C=O) groups is 2. The van der Waals surface area contributed by atoms with Crippen LogP contribution >= 0.6 is 0 Å². The molecule has 0 unspecified atom stereocenters. The first kappa shape index (κ1) is 19.5. The van der Waals surface area contributed by atoms with Crippen LogP contribution in [0.1, 0.15) is 10.4 Å². The van der Waals surface area contributed by atoms with Crippen LogP contribution in [-0.4, -0.2) is 42.7 Å². The summed E-state index contributed by atoms with van der Waals surface area (Å²) in [5.41, 5.74) is -0.302. The average Bonchev–Trinajstić information content (AvgIpc) is 2.66. The largest absolute Gasteiger partial charge is 0.497 e. The molecule has 2 aromatic rings. The van der Waals surface area contributed by atoms with Crippen molar-refractivity contribution in [1.29, 1.82) is 0 Å². The highest BCUT2D eigenvalue weighted by Gasteiger charge is 2.19. The SMILES string of the molecule is COc1ccc(NC(=O)COc2cc(C(=O)O)ccc2[N+](=O)[O-])c(OC)c1. The summed E-state index contributed by atoms with van der Waals surface area (Å²) in [6.07, 6.45) is 0. The van der Waals surface area contributed by atoms with E-state index in [0.717, 1.165) is 18.2 Å². The van der Waals surface area contributed by atoms with E-state index >= 15 is 0 Å². The molecule has 2 aromatic carbocycles. The summed E-state index contributed by atoms with van der Waals surface area (Å²) in [7, 11) is 2.90.